The zero-order valence-electron chi connectivity index (χ0n) is 17.4. The van der Waals surface area contributed by atoms with E-state index in [0.717, 1.165) is 42.6 Å². The van der Waals surface area contributed by atoms with Gasteiger partial charge in [-0.15, -0.1) is 0 Å². The summed E-state index contributed by atoms with van der Waals surface area (Å²) >= 11 is 0. The molecule has 0 heterocycles. The monoisotopic (exact) mass is 430 g/mol. The third-order valence-electron chi connectivity index (χ3n) is 5.45. The van der Waals surface area contributed by atoms with Gasteiger partial charge < -0.3 is 10.1 Å². The van der Waals surface area contributed by atoms with Gasteiger partial charge in [0.05, 0.1) is 12.0 Å². The molecule has 1 aliphatic carbocycles. The van der Waals surface area contributed by atoms with Crippen molar-refractivity contribution in [2.24, 2.45) is 0 Å². The van der Waals surface area contributed by atoms with Crippen molar-refractivity contribution in [2.75, 3.05) is 7.11 Å². The van der Waals surface area contributed by atoms with Gasteiger partial charge in [0.25, 0.3) is 0 Å². The summed E-state index contributed by atoms with van der Waals surface area (Å²) in [6.07, 6.45) is 6.05. The van der Waals surface area contributed by atoms with E-state index in [4.69, 9.17) is 4.74 Å². The average Bonchev–Trinajstić information content (AvgIpc) is 2.77. The van der Waals surface area contributed by atoms with Gasteiger partial charge in [-0.1, -0.05) is 43.5 Å². The van der Waals surface area contributed by atoms with Gasteiger partial charge in [-0.2, -0.15) is 0 Å². The number of amides is 1. The molecule has 162 valence electrons. The Labute approximate surface area is 179 Å². The molecule has 0 unspecified atom stereocenters. The topological polar surface area (TPSA) is 84.5 Å². The van der Waals surface area contributed by atoms with Crippen LogP contribution in [0.1, 0.15) is 49.7 Å². The second-order valence-electron chi connectivity index (χ2n) is 7.72. The summed E-state index contributed by atoms with van der Waals surface area (Å²) in [6.45, 7) is 0.465. The first-order valence-corrected chi connectivity index (χ1v) is 12.0. The number of hydrogen-bond acceptors (Lipinski definition) is 4. The van der Waals surface area contributed by atoms with Crippen LogP contribution in [0.5, 0.6) is 5.75 Å². The summed E-state index contributed by atoms with van der Waals surface area (Å²) in [5.41, 5.74) is 1.94. The van der Waals surface area contributed by atoms with Gasteiger partial charge in [0, 0.05) is 19.0 Å². The number of hydrogen-bond donors (Lipinski definition) is 2. The molecule has 30 heavy (non-hydrogen) atoms. The molecule has 2 aromatic carbocycles. The van der Waals surface area contributed by atoms with E-state index >= 15 is 0 Å². The van der Waals surface area contributed by atoms with E-state index in [2.05, 4.69) is 10.0 Å². The van der Waals surface area contributed by atoms with Gasteiger partial charge in [-0.25, -0.2) is 13.1 Å². The van der Waals surface area contributed by atoms with Crippen molar-refractivity contribution in [2.45, 2.75) is 62.4 Å². The van der Waals surface area contributed by atoms with Crippen LogP contribution < -0.4 is 14.8 Å². The van der Waals surface area contributed by atoms with E-state index in [1.165, 1.54) is 6.42 Å². The predicted octanol–water partition coefficient (Wildman–Crippen LogP) is 3.56. The van der Waals surface area contributed by atoms with Gasteiger partial charge in [-0.3, -0.25) is 4.79 Å². The van der Waals surface area contributed by atoms with Gasteiger partial charge in [0.1, 0.15) is 5.75 Å². The molecule has 0 spiro atoms. The van der Waals surface area contributed by atoms with Crippen LogP contribution in [0, 0.1) is 0 Å². The fourth-order valence-corrected chi connectivity index (χ4v) is 4.94. The number of sulfonamides is 1. The lowest BCUT2D eigenvalue weighted by Crippen LogP contribution is -2.36. The highest BCUT2D eigenvalue weighted by atomic mass is 32.2. The summed E-state index contributed by atoms with van der Waals surface area (Å²) in [5.74, 6) is 0.742. The molecule has 6 nitrogen and oxygen atoms in total. The summed E-state index contributed by atoms with van der Waals surface area (Å²) in [6, 6.07) is 14.4. The van der Waals surface area contributed by atoms with Crippen LogP contribution in [0.15, 0.2) is 53.4 Å². The van der Waals surface area contributed by atoms with Crippen LogP contribution in [0.25, 0.3) is 0 Å². The zero-order valence-corrected chi connectivity index (χ0v) is 18.2. The van der Waals surface area contributed by atoms with Crippen molar-refractivity contribution in [3.8, 4) is 5.75 Å². The molecule has 0 aromatic heterocycles. The maximum atomic E-state index is 12.6. The van der Waals surface area contributed by atoms with Crippen molar-refractivity contribution < 1.29 is 17.9 Å². The number of carbonyl (C=O) groups excluding carboxylic acids is 1. The minimum absolute atomic E-state index is 0.0397. The first kappa shape index (κ1) is 22.3. The number of nitrogens with one attached hydrogen (secondary N) is 2. The number of carbonyl (C=O) groups is 1. The predicted molar refractivity (Wildman–Crippen MR) is 117 cm³/mol. The summed E-state index contributed by atoms with van der Waals surface area (Å²) in [4.78, 5) is 12.4. The summed E-state index contributed by atoms with van der Waals surface area (Å²) in [7, 11) is -1.87. The minimum Gasteiger partial charge on any atom is -0.497 e. The Hall–Kier alpha value is -2.38. The van der Waals surface area contributed by atoms with Crippen molar-refractivity contribution in [1.82, 2.24) is 10.0 Å². The van der Waals surface area contributed by atoms with Gasteiger partial charge >= 0.3 is 0 Å². The molecule has 1 saturated carbocycles. The molecule has 0 saturated heterocycles. The zero-order chi connectivity index (χ0) is 21.4. The van der Waals surface area contributed by atoms with Crippen molar-refractivity contribution in [3.05, 3.63) is 59.7 Å². The second-order valence-corrected chi connectivity index (χ2v) is 9.44. The second kappa shape index (κ2) is 10.6. The number of methoxy groups -OCH3 is 1. The van der Waals surface area contributed by atoms with Crippen LogP contribution in [0.3, 0.4) is 0 Å². The van der Waals surface area contributed by atoms with Crippen LogP contribution >= 0.6 is 0 Å². The third-order valence-corrected chi connectivity index (χ3v) is 6.99. The quantitative estimate of drug-likeness (QED) is 0.637. The normalized spacial score (nSPS) is 15.0. The number of rotatable bonds is 9. The van der Waals surface area contributed by atoms with Crippen molar-refractivity contribution in [3.63, 3.8) is 0 Å². The highest BCUT2D eigenvalue weighted by molar-refractivity contribution is 7.89. The Kier molecular flexibility index (Phi) is 7.87. The molecule has 2 N–H and O–H groups in total. The first-order chi connectivity index (χ1) is 14.5. The molecule has 0 atom stereocenters. The lowest BCUT2D eigenvalue weighted by molar-refractivity contribution is -0.121. The largest absolute Gasteiger partial charge is 0.497 e. The standard InChI is InChI=1S/C23H30N2O4S/c1-29-21-12-7-19(8-13-21)17-24-23(26)16-11-18-9-14-22(15-10-18)30(27,28)25-20-5-3-2-4-6-20/h7-10,12-15,20,25H,2-6,11,16-17H2,1H3,(H,24,26). The molecule has 1 fully saturated rings. The van der Waals surface area contributed by atoms with E-state index < -0.39 is 10.0 Å². The first-order valence-electron chi connectivity index (χ1n) is 10.5. The molecule has 0 radical (unpaired) electrons. The molecule has 1 amide bonds. The minimum atomic E-state index is -3.49. The molecule has 0 aliphatic heterocycles. The van der Waals surface area contributed by atoms with Gasteiger partial charge in [0.15, 0.2) is 0 Å². The Balaban J connectivity index is 1.45. The average molecular weight is 431 g/mol. The maximum absolute atomic E-state index is 12.6. The molecule has 0 bridgehead atoms. The SMILES string of the molecule is COc1ccc(CNC(=O)CCc2ccc(S(=O)(=O)NC3CCCCC3)cc2)cc1. The Morgan fingerprint density at radius 2 is 1.60 bits per heavy atom. The molecular formula is C23H30N2O4S. The molecule has 3 rings (SSSR count). The third kappa shape index (κ3) is 6.57. The molecule has 7 heteroatoms. The van der Waals surface area contributed by atoms with E-state index in [-0.39, 0.29) is 16.8 Å². The highest BCUT2D eigenvalue weighted by Crippen LogP contribution is 2.20. The Morgan fingerprint density at radius 3 is 2.23 bits per heavy atom. The fourth-order valence-electron chi connectivity index (χ4n) is 3.63. The van der Waals surface area contributed by atoms with Gasteiger partial charge in [0.2, 0.25) is 15.9 Å². The Morgan fingerprint density at radius 1 is 0.967 bits per heavy atom. The maximum Gasteiger partial charge on any atom is 0.240 e. The number of ether oxygens (including phenoxy) is 1. The fraction of sp³-hybridized carbons (Fsp3) is 0.435. The lowest BCUT2D eigenvalue weighted by atomic mass is 9.96. The van der Waals surface area contributed by atoms with Gasteiger partial charge in [-0.05, 0) is 54.7 Å². The van der Waals surface area contributed by atoms with Crippen LogP contribution in [-0.4, -0.2) is 27.5 Å². The Bertz CT molecular complexity index is 919. The van der Waals surface area contributed by atoms with Crippen LogP contribution in [-0.2, 0) is 27.8 Å². The highest BCUT2D eigenvalue weighted by Gasteiger charge is 2.21. The molecule has 1 aliphatic rings. The van der Waals surface area contributed by atoms with E-state index in [0.29, 0.717) is 19.4 Å². The smallest absolute Gasteiger partial charge is 0.240 e. The van der Waals surface area contributed by atoms with Crippen molar-refractivity contribution >= 4 is 15.9 Å². The lowest BCUT2D eigenvalue weighted by Gasteiger charge is -2.22. The van der Waals surface area contributed by atoms with E-state index in [1.54, 1.807) is 31.4 Å². The molecule has 2 aromatic rings. The van der Waals surface area contributed by atoms with Crippen molar-refractivity contribution in [1.29, 1.82) is 0 Å². The summed E-state index contributed by atoms with van der Waals surface area (Å²) in [5, 5.41) is 2.90. The van der Waals surface area contributed by atoms with E-state index in [9.17, 15) is 13.2 Å². The number of aryl methyl sites for hydroxylation is 1. The number of benzene rings is 2. The summed E-state index contributed by atoms with van der Waals surface area (Å²) < 4.78 is 33.1. The van der Waals surface area contributed by atoms with Crippen LogP contribution in [0.4, 0.5) is 0 Å². The van der Waals surface area contributed by atoms with Crippen LogP contribution in [0.2, 0.25) is 0 Å². The van der Waals surface area contributed by atoms with E-state index in [1.807, 2.05) is 24.3 Å². The molecular weight excluding hydrogens is 400 g/mol.